The third kappa shape index (κ3) is 4.02. The highest BCUT2D eigenvalue weighted by atomic mass is 16.4. The quantitative estimate of drug-likeness (QED) is 0.682. The van der Waals surface area contributed by atoms with Crippen molar-refractivity contribution in [3.05, 3.63) is 59.7 Å². The van der Waals surface area contributed by atoms with E-state index in [2.05, 4.69) is 10.1 Å². The number of amides is 1. The fourth-order valence-electron chi connectivity index (χ4n) is 2.85. The summed E-state index contributed by atoms with van der Waals surface area (Å²) in [4.78, 5) is 19.3. The lowest BCUT2D eigenvalue weighted by Crippen LogP contribution is -2.37. The summed E-state index contributed by atoms with van der Waals surface area (Å²) in [6.45, 7) is 6.41. The van der Waals surface area contributed by atoms with Gasteiger partial charge in [-0.25, -0.2) is 4.98 Å². The van der Waals surface area contributed by atoms with Gasteiger partial charge in [0, 0.05) is 37.0 Å². The van der Waals surface area contributed by atoms with Crippen LogP contribution in [0.5, 0.6) is 0 Å². The van der Waals surface area contributed by atoms with Gasteiger partial charge in [-0.3, -0.25) is 9.48 Å². The lowest BCUT2D eigenvalue weighted by molar-refractivity contribution is -0.132. The topological polar surface area (TPSA) is 64.2 Å². The molecule has 0 atom stereocenters. The summed E-state index contributed by atoms with van der Waals surface area (Å²) in [6.07, 6.45) is 3.94. The van der Waals surface area contributed by atoms with Crippen LogP contribution in [0.25, 0.3) is 11.5 Å². The van der Waals surface area contributed by atoms with Gasteiger partial charge in [-0.15, -0.1) is 0 Å². The summed E-state index contributed by atoms with van der Waals surface area (Å²) in [7, 11) is 1.87. The summed E-state index contributed by atoms with van der Waals surface area (Å²) in [6, 6.07) is 9.80. The van der Waals surface area contributed by atoms with Crippen molar-refractivity contribution in [1.82, 2.24) is 19.7 Å². The van der Waals surface area contributed by atoms with Crippen LogP contribution in [0.3, 0.4) is 0 Å². The zero-order valence-electron chi connectivity index (χ0n) is 15.6. The molecular formula is C20H24N4O2. The first-order chi connectivity index (χ1) is 12.4. The number of hydrogen-bond acceptors (Lipinski definition) is 4. The van der Waals surface area contributed by atoms with Crippen LogP contribution in [-0.4, -0.2) is 31.6 Å². The Bertz CT molecular complexity index is 880. The highest BCUT2D eigenvalue weighted by Gasteiger charge is 2.21. The van der Waals surface area contributed by atoms with Crippen LogP contribution in [0.2, 0.25) is 0 Å². The molecule has 0 fully saturated rings. The van der Waals surface area contributed by atoms with E-state index in [4.69, 9.17) is 4.42 Å². The van der Waals surface area contributed by atoms with Gasteiger partial charge in [0.15, 0.2) is 0 Å². The Labute approximate surface area is 153 Å². The number of oxazole rings is 1. The second-order valence-electron chi connectivity index (χ2n) is 6.70. The van der Waals surface area contributed by atoms with E-state index in [1.165, 1.54) is 0 Å². The summed E-state index contributed by atoms with van der Waals surface area (Å²) in [5.74, 6) is 1.26. The van der Waals surface area contributed by atoms with Crippen molar-refractivity contribution in [1.29, 1.82) is 0 Å². The summed E-state index contributed by atoms with van der Waals surface area (Å²) < 4.78 is 7.51. The largest absolute Gasteiger partial charge is 0.441 e. The Balaban J connectivity index is 1.76. The van der Waals surface area contributed by atoms with Crippen molar-refractivity contribution in [2.24, 2.45) is 7.05 Å². The standard InChI is InChI=1S/C20H24N4O2/c1-14(2)24(13-16-11-21-23(4)12-16)19(25)10-18-15(3)26-20(22-18)17-8-6-5-7-9-17/h5-9,11-12,14H,10,13H2,1-4H3. The van der Waals surface area contributed by atoms with Gasteiger partial charge in [-0.2, -0.15) is 5.10 Å². The molecule has 136 valence electrons. The van der Waals surface area contributed by atoms with Crippen molar-refractivity contribution >= 4 is 5.91 Å². The second kappa shape index (κ2) is 7.56. The summed E-state index contributed by atoms with van der Waals surface area (Å²) >= 11 is 0. The maximum Gasteiger partial charge on any atom is 0.229 e. The molecule has 0 unspecified atom stereocenters. The monoisotopic (exact) mass is 352 g/mol. The Morgan fingerprint density at radius 3 is 2.62 bits per heavy atom. The van der Waals surface area contributed by atoms with E-state index in [9.17, 15) is 4.79 Å². The molecule has 0 aliphatic rings. The molecule has 0 spiro atoms. The molecule has 2 heterocycles. The van der Waals surface area contributed by atoms with Crippen LogP contribution in [0.15, 0.2) is 47.1 Å². The van der Waals surface area contributed by atoms with Crippen LogP contribution in [0, 0.1) is 6.92 Å². The summed E-state index contributed by atoms with van der Waals surface area (Å²) in [5, 5.41) is 4.17. The molecule has 0 saturated carbocycles. The predicted octanol–water partition coefficient (Wildman–Crippen LogP) is 3.36. The number of hydrogen-bond donors (Lipinski definition) is 0. The average molecular weight is 352 g/mol. The molecule has 3 rings (SSSR count). The fraction of sp³-hybridized carbons (Fsp3) is 0.350. The molecule has 0 aliphatic carbocycles. The number of carbonyl (C=O) groups is 1. The fourth-order valence-corrected chi connectivity index (χ4v) is 2.85. The second-order valence-corrected chi connectivity index (χ2v) is 6.70. The van der Waals surface area contributed by atoms with Gasteiger partial charge in [0.25, 0.3) is 0 Å². The first kappa shape index (κ1) is 17.9. The van der Waals surface area contributed by atoms with E-state index >= 15 is 0 Å². The minimum Gasteiger partial charge on any atom is -0.441 e. The Morgan fingerprint density at radius 2 is 2.00 bits per heavy atom. The maximum absolute atomic E-state index is 12.9. The normalized spacial score (nSPS) is 11.1. The minimum atomic E-state index is 0.0277. The van der Waals surface area contributed by atoms with E-state index in [1.54, 1.807) is 10.9 Å². The van der Waals surface area contributed by atoms with Crippen LogP contribution in [0.1, 0.15) is 30.9 Å². The molecule has 1 aromatic carbocycles. The van der Waals surface area contributed by atoms with Gasteiger partial charge >= 0.3 is 0 Å². The molecule has 1 amide bonds. The number of aromatic nitrogens is 3. The number of rotatable bonds is 6. The molecule has 3 aromatic rings. The predicted molar refractivity (Wildman–Crippen MR) is 99.3 cm³/mol. The molecule has 0 saturated heterocycles. The number of nitrogens with zero attached hydrogens (tertiary/aromatic N) is 4. The third-order valence-electron chi connectivity index (χ3n) is 4.29. The average Bonchev–Trinajstić information content (AvgIpc) is 3.19. The van der Waals surface area contributed by atoms with E-state index in [0.29, 0.717) is 23.9 Å². The Kier molecular flexibility index (Phi) is 5.21. The van der Waals surface area contributed by atoms with E-state index in [1.807, 2.05) is 69.2 Å². The SMILES string of the molecule is Cc1oc(-c2ccccc2)nc1CC(=O)N(Cc1cnn(C)c1)C(C)C. The van der Waals surface area contributed by atoms with Gasteiger partial charge in [-0.1, -0.05) is 18.2 Å². The molecule has 2 aromatic heterocycles. The van der Waals surface area contributed by atoms with Crippen molar-refractivity contribution in [3.63, 3.8) is 0 Å². The Morgan fingerprint density at radius 1 is 1.27 bits per heavy atom. The van der Waals surface area contributed by atoms with Crippen LogP contribution >= 0.6 is 0 Å². The van der Waals surface area contributed by atoms with Crippen molar-refractivity contribution < 1.29 is 9.21 Å². The van der Waals surface area contributed by atoms with Gasteiger partial charge in [0.05, 0.1) is 18.3 Å². The van der Waals surface area contributed by atoms with Crippen LogP contribution < -0.4 is 0 Å². The molecule has 0 aliphatic heterocycles. The highest BCUT2D eigenvalue weighted by Crippen LogP contribution is 2.22. The Hall–Kier alpha value is -2.89. The van der Waals surface area contributed by atoms with E-state index in [0.717, 1.165) is 11.1 Å². The first-order valence-corrected chi connectivity index (χ1v) is 8.72. The molecular weight excluding hydrogens is 328 g/mol. The van der Waals surface area contributed by atoms with Crippen molar-refractivity contribution in [3.8, 4) is 11.5 Å². The van der Waals surface area contributed by atoms with Gasteiger partial charge in [0.2, 0.25) is 11.8 Å². The first-order valence-electron chi connectivity index (χ1n) is 8.72. The minimum absolute atomic E-state index is 0.0277. The maximum atomic E-state index is 12.9. The molecule has 6 heteroatoms. The van der Waals surface area contributed by atoms with Gasteiger partial charge in [0.1, 0.15) is 5.76 Å². The molecule has 0 bridgehead atoms. The zero-order valence-corrected chi connectivity index (χ0v) is 15.6. The van der Waals surface area contributed by atoms with E-state index in [-0.39, 0.29) is 18.4 Å². The third-order valence-corrected chi connectivity index (χ3v) is 4.29. The molecule has 26 heavy (non-hydrogen) atoms. The molecule has 0 radical (unpaired) electrons. The number of aryl methyl sites for hydroxylation is 2. The van der Waals surface area contributed by atoms with Gasteiger partial charge in [-0.05, 0) is 32.9 Å². The smallest absolute Gasteiger partial charge is 0.229 e. The van der Waals surface area contributed by atoms with Crippen LogP contribution in [-0.2, 0) is 24.8 Å². The number of carbonyl (C=O) groups excluding carboxylic acids is 1. The highest BCUT2D eigenvalue weighted by molar-refractivity contribution is 5.79. The number of benzene rings is 1. The molecule has 6 nitrogen and oxygen atoms in total. The van der Waals surface area contributed by atoms with Crippen molar-refractivity contribution in [2.75, 3.05) is 0 Å². The zero-order chi connectivity index (χ0) is 18.7. The van der Waals surface area contributed by atoms with Crippen molar-refractivity contribution in [2.45, 2.75) is 39.8 Å². The molecule has 0 N–H and O–H groups in total. The van der Waals surface area contributed by atoms with E-state index < -0.39 is 0 Å². The lowest BCUT2D eigenvalue weighted by atomic mass is 10.2. The van der Waals surface area contributed by atoms with Crippen LogP contribution in [0.4, 0.5) is 0 Å². The van der Waals surface area contributed by atoms with Gasteiger partial charge < -0.3 is 9.32 Å². The summed E-state index contributed by atoms with van der Waals surface area (Å²) in [5.41, 5.74) is 2.60. The lowest BCUT2D eigenvalue weighted by Gasteiger charge is -2.26.